The summed E-state index contributed by atoms with van der Waals surface area (Å²) < 4.78 is 10.6. The van der Waals surface area contributed by atoms with E-state index in [0.717, 1.165) is 17.5 Å². The molecule has 3 aromatic rings. The topological polar surface area (TPSA) is 80.3 Å². The highest BCUT2D eigenvalue weighted by atomic mass is 16.5. The highest BCUT2D eigenvalue weighted by molar-refractivity contribution is 5.97. The van der Waals surface area contributed by atoms with Crippen molar-refractivity contribution in [3.63, 3.8) is 0 Å². The maximum Gasteiger partial charge on any atom is 0.253 e. The summed E-state index contributed by atoms with van der Waals surface area (Å²) in [7, 11) is 5.00. The lowest BCUT2D eigenvalue weighted by atomic mass is 10.1. The van der Waals surface area contributed by atoms with E-state index < -0.39 is 0 Å². The minimum Gasteiger partial charge on any atom is -0.493 e. The number of rotatable bonds is 6. The fourth-order valence-electron chi connectivity index (χ4n) is 2.63. The van der Waals surface area contributed by atoms with Crippen molar-refractivity contribution >= 4 is 16.9 Å². The van der Waals surface area contributed by atoms with E-state index in [0.29, 0.717) is 29.1 Å². The molecule has 0 radical (unpaired) electrons. The van der Waals surface area contributed by atoms with Gasteiger partial charge in [-0.25, -0.2) is 0 Å². The van der Waals surface area contributed by atoms with E-state index in [1.807, 2.05) is 18.2 Å². The van der Waals surface area contributed by atoms with Crippen LogP contribution in [0.1, 0.15) is 15.9 Å². The average molecular weight is 340 g/mol. The number of aromatic amines is 1. The zero-order valence-electron chi connectivity index (χ0n) is 14.4. The molecule has 0 aliphatic rings. The number of benzene rings is 2. The number of aromatic nitrogens is 3. The molecule has 0 unspecified atom stereocenters. The number of likely N-dealkylation sites (N-methyl/N-ethyl adjacent to an activating group) is 1. The number of methoxy groups -OCH3 is 2. The van der Waals surface area contributed by atoms with Crippen LogP contribution in [-0.2, 0) is 6.42 Å². The number of hydrogen-bond donors (Lipinski definition) is 1. The SMILES string of the molecule is COc1ccc(CCN(C)C(=O)c2ccc3n[nH]nc3c2)cc1OC. The summed E-state index contributed by atoms with van der Waals surface area (Å²) in [6, 6.07) is 11.1. The number of H-pyrrole nitrogens is 1. The summed E-state index contributed by atoms with van der Waals surface area (Å²) in [6.45, 7) is 0.588. The second kappa shape index (κ2) is 7.21. The van der Waals surface area contributed by atoms with Crippen LogP contribution in [0, 0.1) is 0 Å². The lowest BCUT2D eigenvalue weighted by Crippen LogP contribution is -2.28. The molecule has 0 aliphatic carbocycles. The monoisotopic (exact) mass is 340 g/mol. The third-order valence-electron chi connectivity index (χ3n) is 4.09. The standard InChI is InChI=1S/C18H20N4O3/c1-22(9-8-12-4-7-16(24-2)17(10-12)25-3)18(23)13-5-6-14-15(11-13)20-21-19-14/h4-7,10-11H,8-9H2,1-3H3,(H,19,20,21). The third kappa shape index (κ3) is 3.55. The summed E-state index contributed by atoms with van der Waals surface area (Å²) in [6.07, 6.45) is 0.717. The Morgan fingerprint density at radius 2 is 1.80 bits per heavy atom. The molecule has 7 nitrogen and oxygen atoms in total. The smallest absolute Gasteiger partial charge is 0.253 e. The predicted molar refractivity (Wildman–Crippen MR) is 94.1 cm³/mol. The van der Waals surface area contributed by atoms with Crippen molar-refractivity contribution in [2.75, 3.05) is 27.8 Å². The van der Waals surface area contributed by atoms with Crippen LogP contribution < -0.4 is 9.47 Å². The molecule has 2 aromatic carbocycles. The number of amides is 1. The first-order valence-corrected chi connectivity index (χ1v) is 7.89. The molecule has 3 rings (SSSR count). The lowest BCUT2D eigenvalue weighted by Gasteiger charge is -2.17. The maximum atomic E-state index is 12.6. The molecular weight excluding hydrogens is 320 g/mol. The van der Waals surface area contributed by atoms with Crippen LogP contribution in [0.15, 0.2) is 36.4 Å². The fourth-order valence-corrected chi connectivity index (χ4v) is 2.63. The van der Waals surface area contributed by atoms with E-state index in [9.17, 15) is 4.79 Å². The summed E-state index contributed by atoms with van der Waals surface area (Å²) in [5, 5.41) is 10.6. The lowest BCUT2D eigenvalue weighted by molar-refractivity contribution is 0.0797. The second-order valence-corrected chi connectivity index (χ2v) is 5.69. The van der Waals surface area contributed by atoms with Crippen molar-refractivity contribution in [3.8, 4) is 11.5 Å². The molecule has 0 saturated heterocycles. The quantitative estimate of drug-likeness (QED) is 0.745. The second-order valence-electron chi connectivity index (χ2n) is 5.69. The highest BCUT2D eigenvalue weighted by Crippen LogP contribution is 2.27. The number of ether oxygens (including phenoxy) is 2. The molecule has 1 heterocycles. The van der Waals surface area contributed by atoms with Crippen molar-refractivity contribution < 1.29 is 14.3 Å². The summed E-state index contributed by atoms with van der Waals surface area (Å²) in [4.78, 5) is 14.3. The Hall–Kier alpha value is -3.09. The number of fused-ring (bicyclic) bond motifs is 1. The molecule has 1 amide bonds. The Balaban J connectivity index is 1.67. The first-order chi connectivity index (χ1) is 12.1. The zero-order valence-corrected chi connectivity index (χ0v) is 14.4. The van der Waals surface area contributed by atoms with E-state index in [1.54, 1.807) is 44.4 Å². The maximum absolute atomic E-state index is 12.6. The molecule has 130 valence electrons. The Bertz CT molecular complexity index is 891. The first-order valence-electron chi connectivity index (χ1n) is 7.89. The Kier molecular flexibility index (Phi) is 4.83. The van der Waals surface area contributed by atoms with Gasteiger partial charge in [-0.1, -0.05) is 6.07 Å². The number of hydrogen-bond acceptors (Lipinski definition) is 5. The van der Waals surface area contributed by atoms with Crippen LogP contribution in [0.3, 0.4) is 0 Å². The number of carbonyl (C=O) groups excluding carboxylic acids is 1. The van der Waals surface area contributed by atoms with Crippen LogP contribution in [0.5, 0.6) is 11.5 Å². The van der Waals surface area contributed by atoms with Crippen molar-refractivity contribution in [3.05, 3.63) is 47.5 Å². The zero-order chi connectivity index (χ0) is 17.8. The number of carbonyl (C=O) groups is 1. The largest absolute Gasteiger partial charge is 0.493 e. The van der Waals surface area contributed by atoms with Crippen LogP contribution in [-0.4, -0.2) is 54.0 Å². The predicted octanol–water partition coefficient (Wildman–Crippen LogP) is 2.29. The van der Waals surface area contributed by atoms with E-state index in [2.05, 4.69) is 15.4 Å². The van der Waals surface area contributed by atoms with Crippen LogP contribution in [0.25, 0.3) is 11.0 Å². The minimum absolute atomic E-state index is 0.0506. The highest BCUT2D eigenvalue weighted by Gasteiger charge is 2.13. The fraction of sp³-hybridized carbons (Fsp3) is 0.278. The average Bonchev–Trinajstić information content (AvgIpc) is 3.12. The molecule has 7 heteroatoms. The van der Waals surface area contributed by atoms with Gasteiger partial charge in [0, 0.05) is 19.2 Å². The Morgan fingerprint density at radius 1 is 1.04 bits per heavy atom. The molecule has 1 N–H and O–H groups in total. The number of nitrogens with one attached hydrogen (secondary N) is 1. The van der Waals surface area contributed by atoms with Gasteiger partial charge >= 0.3 is 0 Å². The van der Waals surface area contributed by atoms with Crippen LogP contribution >= 0.6 is 0 Å². The Labute approximate surface area is 145 Å². The van der Waals surface area contributed by atoms with E-state index >= 15 is 0 Å². The molecule has 0 saturated carbocycles. The molecular formula is C18H20N4O3. The molecule has 0 spiro atoms. The van der Waals surface area contributed by atoms with Crippen molar-refractivity contribution in [2.24, 2.45) is 0 Å². The van der Waals surface area contributed by atoms with Crippen LogP contribution in [0.4, 0.5) is 0 Å². The minimum atomic E-state index is -0.0506. The van der Waals surface area contributed by atoms with E-state index in [4.69, 9.17) is 9.47 Å². The van der Waals surface area contributed by atoms with Gasteiger partial charge in [-0.2, -0.15) is 15.4 Å². The van der Waals surface area contributed by atoms with Crippen molar-refractivity contribution in [1.29, 1.82) is 0 Å². The molecule has 0 aliphatic heterocycles. The van der Waals surface area contributed by atoms with E-state index in [1.165, 1.54) is 0 Å². The summed E-state index contributed by atoms with van der Waals surface area (Å²) in [5.74, 6) is 1.33. The van der Waals surface area contributed by atoms with Gasteiger partial charge in [0.1, 0.15) is 11.0 Å². The van der Waals surface area contributed by atoms with Crippen molar-refractivity contribution in [2.45, 2.75) is 6.42 Å². The molecule has 0 bridgehead atoms. The normalized spacial score (nSPS) is 10.7. The van der Waals surface area contributed by atoms with Gasteiger partial charge in [0.25, 0.3) is 5.91 Å². The molecule has 0 atom stereocenters. The summed E-state index contributed by atoms with van der Waals surface area (Å²) in [5.41, 5.74) is 3.09. The molecule has 25 heavy (non-hydrogen) atoms. The van der Waals surface area contributed by atoms with Gasteiger partial charge in [-0.05, 0) is 42.3 Å². The van der Waals surface area contributed by atoms with Gasteiger partial charge in [0.15, 0.2) is 11.5 Å². The van der Waals surface area contributed by atoms with Gasteiger partial charge in [0.2, 0.25) is 0 Å². The molecule has 1 aromatic heterocycles. The Morgan fingerprint density at radius 3 is 2.56 bits per heavy atom. The van der Waals surface area contributed by atoms with Crippen molar-refractivity contribution in [1.82, 2.24) is 20.3 Å². The first kappa shape index (κ1) is 16.8. The third-order valence-corrected chi connectivity index (χ3v) is 4.09. The van der Waals surface area contributed by atoms with Crippen LogP contribution in [0.2, 0.25) is 0 Å². The van der Waals surface area contributed by atoms with Gasteiger partial charge in [0.05, 0.1) is 14.2 Å². The van der Waals surface area contributed by atoms with Gasteiger partial charge in [-0.15, -0.1) is 0 Å². The molecule has 0 fully saturated rings. The van der Waals surface area contributed by atoms with Gasteiger partial charge in [-0.3, -0.25) is 4.79 Å². The number of nitrogens with zero attached hydrogens (tertiary/aromatic N) is 3. The van der Waals surface area contributed by atoms with Gasteiger partial charge < -0.3 is 14.4 Å². The summed E-state index contributed by atoms with van der Waals surface area (Å²) >= 11 is 0. The van der Waals surface area contributed by atoms with E-state index in [-0.39, 0.29) is 5.91 Å².